The number of nitro benzene ring substituents is 2. The summed E-state index contributed by atoms with van der Waals surface area (Å²) < 4.78 is 9.98. The van der Waals surface area contributed by atoms with Crippen LogP contribution in [-0.2, 0) is 19.1 Å². The minimum atomic E-state index is -1.31. The van der Waals surface area contributed by atoms with Crippen LogP contribution in [0.2, 0.25) is 0 Å². The van der Waals surface area contributed by atoms with Crippen molar-refractivity contribution in [1.82, 2.24) is 0 Å². The van der Waals surface area contributed by atoms with E-state index < -0.39 is 44.5 Å². The average Bonchev–Trinajstić information content (AvgIpc) is 2.65. The van der Waals surface area contributed by atoms with E-state index in [1.54, 1.807) is 27.7 Å². The molecule has 0 spiro atoms. The van der Waals surface area contributed by atoms with Gasteiger partial charge in [-0.3, -0.25) is 35.2 Å². The molecule has 1 aromatic carbocycles. The lowest BCUT2D eigenvalue weighted by Crippen LogP contribution is -2.44. The van der Waals surface area contributed by atoms with Crippen molar-refractivity contribution in [2.45, 2.75) is 34.6 Å². The number of nitrogens with zero attached hydrogens (tertiary/aromatic N) is 3. The van der Waals surface area contributed by atoms with Gasteiger partial charge in [-0.2, -0.15) is 5.10 Å². The Bertz CT molecular complexity index is 848. The Morgan fingerprint density at radius 2 is 1.63 bits per heavy atom. The van der Waals surface area contributed by atoms with Gasteiger partial charge in [0.05, 0.1) is 29.1 Å². The zero-order chi connectivity index (χ0) is 23.1. The minimum Gasteiger partial charge on any atom is -0.465 e. The van der Waals surface area contributed by atoms with E-state index in [-0.39, 0.29) is 24.6 Å². The fraction of sp³-hybridized carbons (Fsp3) is 0.500. The van der Waals surface area contributed by atoms with Crippen LogP contribution in [0, 0.1) is 31.6 Å². The van der Waals surface area contributed by atoms with Gasteiger partial charge in [-0.05, 0) is 26.8 Å². The third-order valence-electron chi connectivity index (χ3n) is 4.43. The van der Waals surface area contributed by atoms with Crippen LogP contribution < -0.4 is 5.43 Å². The first-order chi connectivity index (χ1) is 14.0. The second kappa shape index (κ2) is 10.3. The Morgan fingerprint density at radius 1 is 1.10 bits per heavy atom. The quantitative estimate of drug-likeness (QED) is 0.195. The highest BCUT2D eigenvalue weighted by molar-refractivity contribution is 6.03. The fourth-order valence-corrected chi connectivity index (χ4v) is 2.51. The first kappa shape index (κ1) is 24.5. The maximum absolute atomic E-state index is 12.4. The molecule has 0 aliphatic heterocycles. The van der Waals surface area contributed by atoms with Gasteiger partial charge in [0, 0.05) is 17.2 Å². The Hall–Kier alpha value is -3.57. The predicted molar refractivity (Wildman–Crippen MR) is 107 cm³/mol. The van der Waals surface area contributed by atoms with Crippen LogP contribution in [0.5, 0.6) is 0 Å². The molecule has 0 fully saturated rings. The molecule has 0 saturated carbocycles. The summed E-state index contributed by atoms with van der Waals surface area (Å²) in [5.41, 5.74) is 0.479. The van der Waals surface area contributed by atoms with E-state index in [1.165, 1.54) is 6.92 Å². The predicted octanol–water partition coefficient (Wildman–Crippen LogP) is 3.06. The van der Waals surface area contributed by atoms with Crippen molar-refractivity contribution in [2.24, 2.45) is 16.4 Å². The summed E-state index contributed by atoms with van der Waals surface area (Å²) in [7, 11) is 0. The number of hydrazone groups is 1. The molecule has 0 aliphatic carbocycles. The standard InChI is InChI=1S/C18H24N4O8/c1-6-29-16(23)15(17(24)30-7-2)18(4,5)11(3)19-20-13-9-8-12(21(25)26)10-14(13)22(27)28/h8-10,15,20H,6-7H2,1-5H3/b19-11+. The molecule has 0 atom stereocenters. The molecule has 1 N–H and O–H groups in total. The van der Waals surface area contributed by atoms with Crippen LogP contribution in [0.4, 0.5) is 17.1 Å². The normalized spacial score (nSPS) is 11.7. The summed E-state index contributed by atoms with van der Waals surface area (Å²) in [6, 6.07) is 3.04. The highest BCUT2D eigenvalue weighted by Crippen LogP contribution is 2.33. The first-order valence-electron chi connectivity index (χ1n) is 9.04. The van der Waals surface area contributed by atoms with E-state index in [0.717, 1.165) is 18.2 Å². The van der Waals surface area contributed by atoms with Crippen LogP contribution in [-0.4, -0.2) is 40.7 Å². The van der Waals surface area contributed by atoms with Crippen molar-refractivity contribution in [3.8, 4) is 0 Å². The molecule has 0 saturated heterocycles. The van der Waals surface area contributed by atoms with E-state index >= 15 is 0 Å². The molecule has 0 unspecified atom stereocenters. The molecule has 12 heteroatoms. The number of anilines is 1. The average molecular weight is 424 g/mol. The molecule has 1 aromatic rings. The maximum Gasteiger partial charge on any atom is 0.321 e. The molecule has 0 aromatic heterocycles. The molecule has 0 amide bonds. The van der Waals surface area contributed by atoms with Gasteiger partial charge in [0.1, 0.15) is 5.69 Å². The summed E-state index contributed by atoms with van der Waals surface area (Å²) in [6.45, 7) is 8.01. The van der Waals surface area contributed by atoms with Gasteiger partial charge in [0.25, 0.3) is 5.69 Å². The van der Waals surface area contributed by atoms with Gasteiger partial charge >= 0.3 is 17.6 Å². The summed E-state index contributed by atoms with van der Waals surface area (Å²) in [5.74, 6) is -2.87. The summed E-state index contributed by atoms with van der Waals surface area (Å²) in [5, 5.41) is 26.1. The minimum absolute atomic E-state index is 0.0637. The second-order valence-corrected chi connectivity index (χ2v) is 6.68. The zero-order valence-corrected chi connectivity index (χ0v) is 17.3. The van der Waals surface area contributed by atoms with Gasteiger partial charge in [-0.1, -0.05) is 13.8 Å². The van der Waals surface area contributed by atoms with Crippen LogP contribution in [0.25, 0.3) is 0 Å². The third kappa shape index (κ3) is 5.72. The number of esters is 2. The number of carbonyl (C=O) groups excluding carboxylic acids is 2. The van der Waals surface area contributed by atoms with Crippen molar-refractivity contribution < 1.29 is 28.9 Å². The number of hydrogen-bond acceptors (Lipinski definition) is 10. The smallest absolute Gasteiger partial charge is 0.321 e. The lowest BCUT2D eigenvalue weighted by atomic mass is 9.75. The van der Waals surface area contributed by atoms with E-state index in [0.29, 0.717) is 0 Å². The van der Waals surface area contributed by atoms with Gasteiger partial charge in [0.2, 0.25) is 0 Å². The molecule has 0 radical (unpaired) electrons. The number of hydrogen-bond donors (Lipinski definition) is 1. The third-order valence-corrected chi connectivity index (χ3v) is 4.43. The largest absolute Gasteiger partial charge is 0.465 e. The van der Waals surface area contributed by atoms with Gasteiger partial charge in [-0.15, -0.1) is 0 Å². The molecular formula is C18H24N4O8. The van der Waals surface area contributed by atoms with Crippen molar-refractivity contribution in [1.29, 1.82) is 0 Å². The van der Waals surface area contributed by atoms with Crippen molar-refractivity contribution in [3.05, 3.63) is 38.4 Å². The number of non-ortho nitro benzene ring substituents is 1. The Labute approximate surface area is 172 Å². The Balaban J connectivity index is 3.27. The number of nitro groups is 2. The van der Waals surface area contributed by atoms with Gasteiger partial charge in [-0.25, -0.2) is 0 Å². The number of ether oxygens (including phenoxy) is 2. The molecule has 0 heterocycles. The molecule has 0 aliphatic rings. The molecule has 30 heavy (non-hydrogen) atoms. The lowest BCUT2D eigenvalue weighted by Gasteiger charge is -2.30. The first-order valence-corrected chi connectivity index (χ1v) is 9.04. The SMILES string of the molecule is CCOC(=O)C(C(=O)OCC)C(C)(C)/C(C)=N/Nc1ccc([N+](=O)[O-])cc1[N+](=O)[O-]. The van der Waals surface area contributed by atoms with Crippen LogP contribution in [0.15, 0.2) is 23.3 Å². The van der Waals surface area contributed by atoms with Crippen molar-refractivity contribution in [2.75, 3.05) is 18.6 Å². The number of rotatable bonds is 10. The van der Waals surface area contributed by atoms with Crippen LogP contribution >= 0.6 is 0 Å². The van der Waals surface area contributed by atoms with Gasteiger partial charge < -0.3 is 9.47 Å². The Morgan fingerprint density at radius 3 is 2.07 bits per heavy atom. The monoisotopic (exact) mass is 424 g/mol. The van der Waals surface area contributed by atoms with E-state index in [1.807, 2.05) is 0 Å². The topological polar surface area (TPSA) is 163 Å². The molecule has 0 bridgehead atoms. The number of nitrogens with one attached hydrogen (secondary N) is 1. The van der Waals surface area contributed by atoms with Crippen LogP contribution in [0.1, 0.15) is 34.6 Å². The molecule has 12 nitrogen and oxygen atoms in total. The van der Waals surface area contributed by atoms with E-state index in [4.69, 9.17) is 9.47 Å². The highest BCUT2D eigenvalue weighted by Gasteiger charge is 2.45. The molecule has 164 valence electrons. The van der Waals surface area contributed by atoms with Crippen LogP contribution in [0.3, 0.4) is 0 Å². The zero-order valence-electron chi connectivity index (χ0n) is 17.3. The number of carbonyl (C=O) groups is 2. The van der Waals surface area contributed by atoms with Crippen molar-refractivity contribution in [3.63, 3.8) is 0 Å². The summed E-state index contributed by atoms with van der Waals surface area (Å²) in [6.07, 6.45) is 0. The second-order valence-electron chi connectivity index (χ2n) is 6.68. The fourth-order valence-electron chi connectivity index (χ4n) is 2.51. The number of benzene rings is 1. The molecule has 1 rings (SSSR count). The lowest BCUT2D eigenvalue weighted by molar-refractivity contribution is -0.393. The molecular weight excluding hydrogens is 400 g/mol. The Kier molecular flexibility index (Phi) is 8.38. The summed E-state index contributed by atoms with van der Waals surface area (Å²) in [4.78, 5) is 45.3. The van der Waals surface area contributed by atoms with Gasteiger partial charge in [0.15, 0.2) is 5.92 Å². The highest BCUT2D eigenvalue weighted by atomic mass is 16.6. The van der Waals surface area contributed by atoms with E-state index in [2.05, 4.69) is 10.5 Å². The summed E-state index contributed by atoms with van der Waals surface area (Å²) >= 11 is 0. The maximum atomic E-state index is 12.4. The van der Waals surface area contributed by atoms with E-state index in [9.17, 15) is 29.8 Å². The van der Waals surface area contributed by atoms with Crippen molar-refractivity contribution >= 4 is 34.7 Å².